The van der Waals surface area contributed by atoms with Gasteiger partial charge in [-0.2, -0.15) is 0 Å². The van der Waals surface area contributed by atoms with E-state index in [-0.39, 0.29) is 0 Å². The fourth-order valence-electron chi connectivity index (χ4n) is 1.90. The van der Waals surface area contributed by atoms with Crippen molar-refractivity contribution >= 4 is 28.9 Å². The molecule has 4 heteroatoms. The van der Waals surface area contributed by atoms with Gasteiger partial charge in [0.1, 0.15) is 5.52 Å². The monoisotopic (exact) mass is 220 g/mol. The largest absolute Gasteiger partial charge is 0.319 e. The van der Waals surface area contributed by atoms with Crippen molar-refractivity contribution in [3.05, 3.63) is 29.0 Å². The van der Waals surface area contributed by atoms with Crippen molar-refractivity contribution in [1.29, 1.82) is 0 Å². The molecule has 0 unspecified atom stereocenters. The van der Waals surface area contributed by atoms with Crippen LogP contribution in [-0.4, -0.2) is 15.8 Å². The maximum absolute atomic E-state index is 10.9. The minimum absolute atomic E-state index is 0.439. The molecule has 0 amide bonds. The number of para-hydroxylation sites is 1. The Morgan fingerprint density at radius 1 is 1.47 bits per heavy atom. The number of halogens is 1. The van der Waals surface area contributed by atoms with Gasteiger partial charge in [0.25, 0.3) is 0 Å². The molecule has 1 saturated carbocycles. The maximum Gasteiger partial charge on any atom is 0.185 e. The Morgan fingerprint density at radius 2 is 2.27 bits per heavy atom. The molecule has 1 aliphatic rings. The molecule has 0 bridgehead atoms. The number of fused-ring (bicyclic) bond motifs is 1. The molecule has 0 spiro atoms. The van der Waals surface area contributed by atoms with E-state index in [1.54, 1.807) is 6.07 Å². The molecule has 1 heterocycles. The highest BCUT2D eigenvalue weighted by Gasteiger charge is 2.28. The minimum Gasteiger partial charge on any atom is -0.319 e. The normalized spacial score (nSPS) is 15.8. The SMILES string of the molecule is O=Cc1nc2c(Cl)cccc2n1C1CC1. The van der Waals surface area contributed by atoms with Crippen LogP contribution in [0.15, 0.2) is 18.2 Å². The molecule has 76 valence electrons. The Hall–Kier alpha value is -1.35. The van der Waals surface area contributed by atoms with Gasteiger partial charge in [-0.1, -0.05) is 17.7 Å². The standard InChI is InChI=1S/C11H9ClN2O/c12-8-2-1-3-9-11(8)13-10(6-15)14(9)7-4-5-7/h1-3,6-7H,4-5H2. The smallest absolute Gasteiger partial charge is 0.185 e. The van der Waals surface area contributed by atoms with Crippen LogP contribution in [0.5, 0.6) is 0 Å². The van der Waals surface area contributed by atoms with E-state index in [2.05, 4.69) is 4.98 Å². The molecule has 0 saturated heterocycles. The molecule has 1 fully saturated rings. The van der Waals surface area contributed by atoms with Gasteiger partial charge in [-0.25, -0.2) is 4.98 Å². The third kappa shape index (κ3) is 1.27. The molecule has 1 aliphatic carbocycles. The van der Waals surface area contributed by atoms with Crippen molar-refractivity contribution in [3.63, 3.8) is 0 Å². The van der Waals surface area contributed by atoms with Gasteiger partial charge in [-0.15, -0.1) is 0 Å². The predicted octanol–water partition coefficient (Wildman–Crippen LogP) is 2.84. The summed E-state index contributed by atoms with van der Waals surface area (Å²) in [5.74, 6) is 0.487. The van der Waals surface area contributed by atoms with Crippen LogP contribution in [0, 0.1) is 0 Å². The van der Waals surface area contributed by atoms with E-state index < -0.39 is 0 Å². The van der Waals surface area contributed by atoms with Crippen LogP contribution in [0.25, 0.3) is 11.0 Å². The number of carbonyl (C=O) groups excluding carboxylic acids is 1. The lowest BCUT2D eigenvalue weighted by Crippen LogP contribution is -1.99. The van der Waals surface area contributed by atoms with Crippen LogP contribution >= 0.6 is 11.6 Å². The van der Waals surface area contributed by atoms with Crippen molar-refractivity contribution in [2.75, 3.05) is 0 Å². The number of hydrogen-bond donors (Lipinski definition) is 0. The lowest BCUT2D eigenvalue weighted by molar-refractivity contribution is 0.111. The van der Waals surface area contributed by atoms with E-state index >= 15 is 0 Å². The Labute approximate surface area is 91.7 Å². The van der Waals surface area contributed by atoms with Crippen molar-refractivity contribution in [3.8, 4) is 0 Å². The zero-order chi connectivity index (χ0) is 10.4. The second-order valence-corrected chi connectivity index (χ2v) is 4.20. The summed E-state index contributed by atoms with van der Waals surface area (Å²) in [7, 11) is 0. The van der Waals surface area contributed by atoms with E-state index in [0.29, 0.717) is 16.9 Å². The molecule has 1 aromatic carbocycles. The van der Waals surface area contributed by atoms with Gasteiger partial charge >= 0.3 is 0 Å². The van der Waals surface area contributed by atoms with Gasteiger partial charge in [0.2, 0.25) is 0 Å². The third-order valence-electron chi connectivity index (χ3n) is 2.72. The summed E-state index contributed by atoms with van der Waals surface area (Å²) in [6.07, 6.45) is 3.05. The molecule has 0 aliphatic heterocycles. The van der Waals surface area contributed by atoms with Crippen molar-refractivity contribution in [1.82, 2.24) is 9.55 Å². The first-order valence-corrected chi connectivity index (χ1v) is 5.30. The number of carbonyl (C=O) groups is 1. The van der Waals surface area contributed by atoms with E-state index in [0.717, 1.165) is 30.2 Å². The zero-order valence-corrected chi connectivity index (χ0v) is 8.74. The Bertz CT molecular complexity index is 543. The molecular formula is C11H9ClN2O. The van der Waals surface area contributed by atoms with Crippen LogP contribution in [0.1, 0.15) is 29.5 Å². The summed E-state index contributed by atoms with van der Waals surface area (Å²) < 4.78 is 1.99. The molecule has 0 atom stereocenters. The number of imidazole rings is 1. The van der Waals surface area contributed by atoms with Crippen LogP contribution in [0.2, 0.25) is 5.02 Å². The second-order valence-electron chi connectivity index (χ2n) is 3.80. The Morgan fingerprint density at radius 3 is 2.93 bits per heavy atom. The van der Waals surface area contributed by atoms with E-state index in [9.17, 15) is 4.79 Å². The summed E-state index contributed by atoms with van der Waals surface area (Å²) >= 11 is 6.03. The highest BCUT2D eigenvalue weighted by Crippen LogP contribution is 2.39. The highest BCUT2D eigenvalue weighted by molar-refractivity contribution is 6.35. The number of nitrogens with zero attached hydrogens (tertiary/aromatic N) is 2. The molecule has 3 rings (SSSR count). The number of benzene rings is 1. The van der Waals surface area contributed by atoms with Gasteiger partial charge in [0, 0.05) is 6.04 Å². The summed E-state index contributed by atoms with van der Waals surface area (Å²) in [5.41, 5.74) is 1.69. The summed E-state index contributed by atoms with van der Waals surface area (Å²) in [6, 6.07) is 6.08. The van der Waals surface area contributed by atoms with Crippen LogP contribution in [0.3, 0.4) is 0 Å². The van der Waals surface area contributed by atoms with Crippen LogP contribution in [0.4, 0.5) is 0 Å². The van der Waals surface area contributed by atoms with Crippen molar-refractivity contribution < 1.29 is 4.79 Å². The van der Waals surface area contributed by atoms with E-state index in [1.807, 2.05) is 16.7 Å². The maximum atomic E-state index is 10.9. The summed E-state index contributed by atoms with van der Waals surface area (Å²) in [4.78, 5) is 15.2. The number of hydrogen-bond acceptors (Lipinski definition) is 2. The Kier molecular flexibility index (Phi) is 1.83. The molecule has 1 aromatic heterocycles. The molecule has 3 nitrogen and oxygen atoms in total. The first kappa shape index (κ1) is 8.92. The van der Waals surface area contributed by atoms with Crippen LogP contribution in [-0.2, 0) is 0 Å². The van der Waals surface area contributed by atoms with Crippen molar-refractivity contribution in [2.45, 2.75) is 18.9 Å². The quantitative estimate of drug-likeness (QED) is 0.730. The Balaban J connectivity index is 2.38. The van der Waals surface area contributed by atoms with E-state index in [4.69, 9.17) is 11.6 Å². The van der Waals surface area contributed by atoms with Crippen molar-refractivity contribution in [2.24, 2.45) is 0 Å². The van der Waals surface area contributed by atoms with Gasteiger partial charge < -0.3 is 4.57 Å². The first-order chi connectivity index (χ1) is 7.31. The second kappa shape index (κ2) is 3.07. The summed E-state index contributed by atoms with van der Waals surface area (Å²) in [6.45, 7) is 0. The average molecular weight is 221 g/mol. The average Bonchev–Trinajstić information content (AvgIpc) is 3.00. The van der Waals surface area contributed by atoms with Gasteiger partial charge in [-0.05, 0) is 25.0 Å². The highest BCUT2D eigenvalue weighted by atomic mass is 35.5. The summed E-state index contributed by atoms with van der Waals surface area (Å²) in [5, 5.41) is 0.606. The van der Waals surface area contributed by atoms with Gasteiger partial charge in [0.15, 0.2) is 12.1 Å². The first-order valence-electron chi connectivity index (χ1n) is 4.93. The molecule has 0 radical (unpaired) electrons. The molecular weight excluding hydrogens is 212 g/mol. The van der Waals surface area contributed by atoms with E-state index in [1.165, 1.54) is 0 Å². The fourth-order valence-corrected chi connectivity index (χ4v) is 2.11. The zero-order valence-electron chi connectivity index (χ0n) is 7.98. The van der Waals surface area contributed by atoms with Gasteiger partial charge in [-0.3, -0.25) is 4.79 Å². The molecule has 2 aromatic rings. The lowest BCUT2D eigenvalue weighted by Gasteiger charge is -2.02. The minimum atomic E-state index is 0.439. The topological polar surface area (TPSA) is 34.9 Å². The third-order valence-corrected chi connectivity index (χ3v) is 3.02. The van der Waals surface area contributed by atoms with Gasteiger partial charge in [0.05, 0.1) is 10.5 Å². The fraction of sp³-hybridized carbons (Fsp3) is 0.273. The number of rotatable bonds is 2. The molecule has 15 heavy (non-hydrogen) atoms. The van der Waals surface area contributed by atoms with Crippen LogP contribution < -0.4 is 0 Å². The number of aromatic nitrogens is 2. The lowest BCUT2D eigenvalue weighted by atomic mass is 10.3. The predicted molar refractivity (Wildman–Crippen MR) is 58.4 cm³/mol. The number of aldehydes is 1. The molecule has 0 N–H and O–H groups in total.